The van der Waals surface area contributed by atoms with Gasteiger partial charge in [0, 0.05) is 31.7 Å². The number of nitrogens with one attached hydrogen (secondary N) is 1. The number of para-hydroxylation sites is 2. The van der Waals surface area contributed by atoms with Crippen LogP contribution in [0.3, 0.4) is 0 Å². The number of benzene rings is 3. The molecule has 0 fully saturated rings. The summed E-state index contributed by atoms with van der Waals surface area (Å²) in [6, 6.07) is 24.6. The third kappa shape index (κ3) is 3.70. The zero-order valence-corrected chi connectivity index (χ0v) is 16.9. The summed E-state index contributed by atoms with van der Waals surface area (Å²) < 4.78 is 6.11. The summed E-state index contributed by atoms with van der Waals surface area (Å²) in [6.45, 7) is 0. The van der Waals surface area contributed by atoms with Crippen LogP contribution in [0.4, 0.5) is 5.69 Å². The number of likely N-dealkylation sites (N-methyl/N-ethyl adjacent to an activating group) is 1. The number of nitrogens with zero attached hydrogens (tertiary/aromatic N) is 1. The number of anilines is 1. The van der Waals surface area contributed by atoms with Crippen LogP contribution >= 0.6 is 0 Å². The SMILES string of the molecule is CNC(=O)c1ccc(C/C(=C2\Oc3ccccc3N(C)C2=O)c2ccccc2)cc1. The summed E-state index contributed by atoms with van der Waals surface area (Å²) in [5.41, 5.74) is 4.04. The van der Waals surface area contributed by atoms with E-state index in [1.807, 2.05) is 66.7 Å². The minimum Gasteiger partial charge on any atom is -0.449 e. The molecule has 3 aromatic carbocycles. The van der Waals surface area contributed by atoms with Gasteiger partial charge in [-0.15, -0.1) is 0 Å². The van der Waals surface area contributed by atoms with Gasteiger partial charge in [0.15, 0.2) is 11.5 Å². The van der Waals surface area contributed by atoms with E-state index in [1.165, 1.54) is 0 Å². The average Bonchev–Trinajstić information content (AvgIpc) is 2.80. The maximum Gasteiger partial charge on any atom is 0.294 e. The van der Waals surface area contributed by atoms with E-state index >= 15 is 0 Å². The van der Waals surface area contributed by atoms with Gasteiger partial charge in [-0.2, -0.15) is 0 Å². The van der Waals surface area contributed by atoms with Crippen molar-refractivity contribution in [1.29, 1.82) is 0 Å². The Labute approximate surface area is 175 Å². The molecular formula is C25H22N2O3. The standard InChI is InChI=1S/C25H22N2O3/c1-26-24(28)19-14-12-17(13-15-19)16-20(18-8-4-3-5-9-18)23-25(29)27(2)21-10-6-7-11-22(21)30-23/h3-15H,16H2,1-2H3,(H,26,28)/b23-20+. The highest BCUT2D eigenvalue weighted by atomic mass is 16.5. The van der Waals surface area contributed by atoms with Gasteiger partial charge in [0.05, 0.1) is 5.69 Å². The number of carbonyl (C=O) groups excluding carboxylic acids is 2. The Morgan fingerprint density at radius 2 is 1.57 bits per heavy atom. The summed E-state index contributed by atoms with van der Waals surface area (Å²) in [5.74, 6) is 0.650. The zero-order chi connectivity index (χ0) is 21.1. The van der Waals surface area contributed by atoms with Crippen molar-refractivity contribution < 1.29 is 14.3 Å². The number of hydrogen-bond donors (Lipinski definition) is 1. The fourth-order valence-electron chi connectivity index (χ4n) is 3.50. The molecule has 1 heterocycles. The van der Waals surface area contributed by atoms with E-state index < -0.39 is 0 Å². The van der Waals surface area contributed by atoms with E-state index in [-0.39, 0.29) is 11.8 Å². The number of hydrogen-bond acceptors (Lipinski definition) is 3. The minimum atomic E-state index is -0.186. The average molecular weight is 398 g/mol. The molecule has 5 nitrogen and oxygen atoms in total. The summed E-state index contributed by atoms with van der Waals surface area (Å²) in [5, 5.41) is 2.62. The Morgan fingerprint density at radius 1 is 0.900 bits per heavy atom. The molecule has 0 atom stereocenters. The monoisotopic (exact) mass is 398 g/mol. The van der Waals surface area contributed by atoms with Gasteiger partial charge in [0.2, 0.25) is 0 Å². The van der Waals surface area contributed by atoms with Crippen LogP contribution in [0.1, 0.15) is 21.5 Å². The van der Waals surface area contributed by atoms with Crippen LogP contribution in [0.2, 0.25) is 0 Å². The van der Waals surface area contributed by atoms with Crippen LogP contribution in [0.25, 0.3) is 5.57 Å². The first-order valence-electron chi connectivity index (χ1n) is 9.73. The van der Waals surface area contributed by atoms with Crippen molar-refractivity contribution in [3.05, 3.63) is 101 Å². The lowest BCUT2D eigenvalue weighted by atomic mass is 9.95. The normalized spacial score (nSPS) is 14.6. The van der Waals surface area contributed by atoms with Crippen LogP contribution in [-0.2, 0) is 11.2 Å². The Hall–Kier alpha value is -3.86. The highest BCUT2D eigenvalue weighted by Crippen LogP contribution is 2.37. The second-order valence-electron chi connectivity index (χ2n) is 7.06. The van der Waals surface area contributed by atoms with Gasteiger partial charge in [0.1, 0.15) is 0 Å². The van der Waals surface area contributed by atoms with Crippen molar-refractivity contribution in [1.82, 2.24) is 5.32 Å². The first kappa shape index (κ1) is 19.5. The molecule has 0 aliphatic carbocycles. The first-order valence-corrected chi connectivity index (χ1v) is 9.73. The summed E-state index contributed by atoms with van der Waals surface area (Å²) in [7, 11) is 3.36. The molecule has 0 saturated heterocycles. The van der Waals surface area contributed by atoms with E-state index in [9.17, 15) is 9.59 Å². The quantitative estimate of drug-likeness (QED) is 0.675. The number of rotatable bonds is 4. The van der Waals surface area contributed by atoms with Crippen LogP contribution in [-0.4, -0.2) is 25.9 Å². The lowest BCUT2D eigenvalue weighted by Gasteiger charge is -2.29. The molecule has 5 heteroatoms. The Kier molecular flexibility index (Phi) is 5.35. The van der Waals surface area contributed by atoms with Crippen LogP contribution in [0.5, 0.6) is 5.75 Å². The fourth-order valence-corrected chi connectivity index (χ4v) is 3.50. The predicted molar refractivity (Wildman–Crippen MR) is 117 cm³/mol. The van der Waals surface area contributed by atoms with Crippen molar-refractivity contribution in [3.8, 4) is 5.75 Å². The zero-order valence-electron chi connectivity index (χ0n) is 16.9. The van der Waals surface area contributed by atoms with Crippen molar-refractivity contribution in [2.45, 2.75) is 6.42 Å². The minimum absolute atomic E-state index is 0.132. The smallest absolute Gasteiger partial charge is 0.294 e. The van der Waals surface area contributed by atoms with E-state index in [0.717, 1.165) is 22.4 Å². The molecule has 0 spiro atoms. The topological polar surface area (TPSA) is 58.6 Å². The largest absolute Gasteiger partial charge is 0.449 e. The second kappa shape index (κ2) is 8.25. The Bertz CT molecular complexity index is 1120. The Morgan fingerprint density at radius 3 is 2.27 bits per heavy atom. The highest BCUT2D eigenvalue weighted by molar-refractivity contribution is 6.11. The molecule has 0 bridgehead atoms. The summed E-state index contributed by atoms with van der Waals surface area (Å²) >= 11 is 0. The van der Waals surface area contributed by atoms with Crippen LogP contribution in [0, 0.1) is 0 Å². The number of amides is 2. The van der Waals surface area contributed by atoms with E-state index in [2.05, 4.69) is 5.32 Å². The highest BCUT2D eigenvalue weighted by Gasteiger charge is 2.30. The number of carbonyl (C=O) groups is 2. The molecular weight excluding hydrogens is 376 g/mol. The molecule has 1 aliphatic heterocycles. The lowest BCUT2D eigenvalue weighted by molar-refractivity contribution is -0.117. The molecule has 1 N–H and O–H groups in total. The maximum absolute atomic E-state index is 13.2. The fraction of sp³-hybridized carbons (Fsp3) is 0.120. The van der Waals surface area contributed by atoms with Gasteiger partial charge in [-0.05, 0) is 35.4 Å². The number of allylic oxidation sites excluding steroid dienone is 1. The van der Waals surface area contributed by atoms with Gasteiger partial charge in [0.25, 0.3) is 11.8 Å². The molecule has 2 amide bonds. The van der Waals surface area contributed by atoms with Gasteiger partial charge in [-0.1, -0.05) is 54.6 Å². The van der Waals surface area contributed by atoms with Crippen molar-refractivity contribution in [2.75, 3.05) is 19.0 Å². The summed E-state index contributed by atoms with van der Waals surface area (Å²) in [4.78, 5) is 26.6. The van der Waals surface area contributed by atoms with Crippen molar-refractivity contribution in [3.63, 3.8) is 0 Å². The first-order chi connectivity index (χ1) is 14.6. The second-order valence-corrected chi connectivity index (χ2v) is 7.06. The predicted octanol–water partition coefficient (Wildman–Crippen LogP) is 4.06. The van der Waals surface area contributed by atoms with Crippen molar-refractivity contribution >= 4 is 23.1 Å². The van der Waals surface area contributed by atoms with E-state index in [4.69, 9.17) is 4.74 Å². The third-order valence-electron chi connectivity index (χ3n) is 5.16. The Balaban J connectivity index is 1.78. The third-order valence-corrected chi connectivity index (χ3v) is 5.16. The number of ether oxygens (including phenoxy) is 1. The van der Waals surface area contributed by atoms with Gasteiger partial charge in [-0.25, -0.2) is 0 Å². The maximum atomic E-state index is 13.2. The van der Waals surface area contributed by atoms with Crippen LogP contribution in [0.15, 0.2) is 84.6 Å². The summed E-state index contributed by atoms with van der Waals surface area (Å²) in [6.07, 6.45) is 0.495. The van der Waals surface area contributed by atoms with Crippen molar-refractivity contribution in [2.24, 2.45) is 0 Å². The molecule has 1 aliphatic rings. The molecule has 30 heavy (non-hydrogen) atoms. The molecule has 3 aromatic rings. The van der Waals surface area contributed by atoms with Gasteiger partial charge in [-0.3, -0.25) is 9.59 Å². The van der Waals surface area contributed by atoms with Gasteiger partial charge < -0.3 is 15.0 Å². The molecule has 0 radical (unpaired) electrons. The van der Waals surface area contributed by atoms with E-state index in [1.54, 1.807) is 31.1 Å². The van der Waals surface area contributed by atoms with E-state index in [0.29, 0.717) is 23.5 Å². The molecule has 0 aromatic heterocycles. The molecule has 4 rings (SSSR count). The number of fused-ring (bicyclic) bond motifs is 1. The van der Waals surface area contributed by atoms with Gasteiger partial charge >= 0.3 is 0 Å². The lowest BCUT2D eigenvalue weighted by Crippen LogP contribution is -2.34. The molecule has 0 unspecified atom stereocenters. The molecule has 0 saturated carbocycles. The molecule has 150 valence electrons. The van der Waals surface area contributed by atoms with Crippen LogP contribution < -0.4 is 15.0 Å².